The Hall–Kier alpha value is -1.79. The number of aliphatic carboxylic acids is 1. The number of aryl methyl sites for hydroxylation is 1. The fourth-order valence-electron chi connectivity index (χ4n) is 3.13. The molecule has 28 heavy (non-hydrogen) atoms. The van der Waals surface area contributed by atoms with Crippen LogP contribution < -0.4 is 0 Å². The van der Waals surface area contributed by atoms with Gasteiger partial charge in [0.1, 0.15) is 11.2 Å². The number of hydrogen-bond donors (Lipinski definition) is 1. The molecule has 0 saturated carbocycles. The Kier molecular flexibility index (Phi) is 8.13. The molecule has 1 heterocycles. The summed E-state index contributed by atoms with van der Waals surface area (Å²) in [5.74, 6) is -0.315. The first-order valence-corrected chi connectivity index (χ1v) is 10.5. The molecule has 1 aliphatic rings. The molecule has 0 aromatic heterocycles. The van der Waals surface area contributed by atoms with E-state index in [2.05, 4.69) is 25.7 Å². The molecule has 154 valence electrons. The number of carboxylic acid groups (broad SMARTS) is 1. The van der Waals surface area contributed by atoms with Gasteiger partial charge < -0.3 is 14.7 Å². The molecule has 0 amide bonds. The Bertz CT molecular complexity index is 709. The lowest BCUT2D eigenvalue weighted by atomic mass is 9.88. The lowest BCUT2D eigenvalue weighted by Gasteiger charge is -2.38. The summed E-state index contributed by atoms with van der Waals surface area (Å²) in [4.78, 5) is 13.8. The number of nitrogens with zero attached hydrogens (tertiary/aromatic N) is 1. The highest BCUT2D eigenvalue weighted by Crippen LogP contribution is 2.31. The van der Waals surface area contributed by atoms with Crippen LogP contribution in [-0.4, -0.2) is 46.9 Å². The molecule has 2 unspecified atom stereocenters. The minimum absolute atomic E-state index is 0.0207. The lowest BCUT2D eigenvalue weighted by molar-refractivity contribution is -0.133. The van der Waals surface area contributed by atoms with Gasteiger partial charge in [0.25, 0.3) is 0 Å². The van der Waals surface area contributed by atoms with Gasteiger partial charge in [0, 0.05) is 19.9 Å². The third-order valence-electron chi connectivity index (χ3n) is 4.79. The van der Waals surface area contributed by atoms with Crippen LogP contribution in [0.15, 0.2) is 48.2 Å². The number of methoxy groups -OCH3 is 1. The summed E-state index contributed by atoms with van der Waals surface area (Å²) in [5.41, 5.74) is 1.42. The van der Waals surface area contributed by atoms with E-state index in [1.54, 1.807) is 43.2 Å². The van der Waals surface area contributed by atoms with E-state index in [1.807, 2.05) is 6.20 Å². The smallest absolute Gasteiger partial charge is 0.334 e. The summed E-state index contributed by atoms with van der Waals surface area (Å²) in [7, 11) is 1.70. The van der Waals surface area contributed by atoms with Gasteiger partial charge in [-0.3, -0.25) is 0 Å². The average molecular weight is 408 g/mol. The first-order chi connectivity index (χ1) is 13.2. The van der Waals surface area contributed by atoms with Gasteiger partial charge in [-0.25, -0.2) is 9.18 Å². The van der Waals surface area contributed by atoms with Crippen molar-refractivity contribution < 1.29 is 19.0 Å². The summed E-state index contributed by atoms with van der Waals surface area (Å²) in [6.07, 6.45) is 7.12. The molecule has 2 atom stereocenters. The highest BCUT2D eigenvalue weighted by molar-refractivity contribution is 8.00. The molecule has 0 bridgehead atoms. The summed E-state index contributed by atoms with van der Waals surface area (Å²) >= 11 is 1.62. The van der Waals surface area contributed by atoms with E-state index in [-0.39, 0.29) is 22.7 Å². The van der Waals surface area contributed by atoms with E-state index in [0.717, 1.165) is 24.2 Å². The van der Waals surface area contributed by atoms with Crippen molar-refractivity contribution in [1.29, 1.82) is 0 Å². The molecule has 1 N–H and O–H groups in total. The van der Waals surface area contributed by atoms with Crippen molar-refractivity contribution in [2.24, 2.45) is 5.41 Å². The van der Waals surface area contributed by atoms with Crippen molar-refractivity contribution in [2.45, 2.75) is 45.1 Å². The second-order valence-electron chi connectivity index (χ2n) is 8.01. The molecular formula is C22H30FNO3S. The fourth-order valence-corrected chi connectivity index (χ4v) is 4.37. The predicted octanol–water partition coefficient (Wildman–Crippen LogP) is 4.72. The molecular weight excluding hydrogens is 377 g/mol. The Morgan fingerprint density at radius 3 is 2.57 bits per heavy atom. The van der Waals surface area contributed by atoms with Crippen LogP contribution in [0.3, 0.4) is 0 Å². The van der Waals surface area contributed by atoms with Gasteiger partial charge in [-0.15, -0.1) is 11.8 Å². The molecule has 1 aromatic rings. The molecule has 0 saturated heterocycles. The zero-order chi connectivity index (χ0) is 20.7. The first-order valence-electron chi connectivity index (χ1n) is 9.48. The van der Waals surface area contributed by atoms with Crippen LogP contribution in [0.5, 0.6) is 0 Å². The lowest BCUT2D eigenvalue weighted by Crippen LogP contribution is -2.44. The number of carbonyl (C=O) groups is 1. The minimum Gasteiger partial charge on any atom is -0.478 e. The van der Waals surface area contributed by atoms with Crippen molar-refractivity contribution in [3.8, 4) is 0 Å². The van der Waals surface area contributed by atoms with E-state index in [4.69, 9.17) is 4.74 Å². The van der Waals surface area contributed by atoms with Crippen LogP contribution in [0.1, 0.15) is 32.8 Å². The maximum atomic E-state index is 13.0. The second-order valence-corrected chi connectivity index (χ2v) is 9.20. The first kappa shape index (κ1) is 22.5. The van der Waals surface area contributed by atoms with E-state index in [0.29, 0.717) is 12.1 Å². The zero-order valence-electron chi connectivity index (χ0n) is 17.0. The summed E-state index contributed by atoms with van der Waals surface area (Å²) in [6.45, 7) is 6.98. The fraction of sp³-hybridized carbons (Fsp3) is 0.500. The highest BCUT2D eigenvalue weighted by atomic mass is 32.2. The van der Waals surface area contributed by atoms with Gasteiger partial charge in [0.2, 0.25) is 0 Å². The number of carboxylic acids is 1. The summed E-state index contributed by atoms with van der Waals surface area (Å²) in [6, 6.07) is 6.53. The quantitative estimate of drug-likeness (QED) is 0.600. The molecule has 2 rings (SSSR count). The van der Waals surface area contributed by atoms with Gasteiger partial charge in [0.15, 0.2) is 0 Å². The maximum absolute atomic E-state index is 13.0. The van der Waals surface area contributed by atoms with Gasteiger partial charge in [-0.05, 0) is 53.9 Å². The van der Waals surface area contributed by atoms with Crippen LogP contribution in [0.4, 0.5) is 4.39 Å². The number of benzene rings is 1. The van der Waals surface area contributed by atoms with E-state index in [1.165, 1.54) is 12.1 Å². The molecule has 1 aliphatic heterocycles. The Morgan fingerprint density at radius 2 is 2.00 bits per heavy atom. The number of hydrogen-bond acceptors (Lipinski definition) is 4. The minimum atomic E-state index is -0.893. The van der Waals surface area contributed by atoms with Gasteiger partial charge in [-0.2, -0.15) is 0 Å². The van der Waals surface area contributed by atoms with Crippen LogP contribution in [-0.2, 0) is 16.0 Å². The summed E-state index contributed by atoms with van der Waals surface area (Å²) < 4.78 is 18.7. The van der Waals surface area contributed by atoms with E-state index in [9.17, 15) is 14.3 Å². The van der Waals surface area contributed by atoms with Crippen LogP contribution in [0.25, 0.3) is 0 Å². The second kappa shape index (κ2) is 10.1. The molecule has 4 nitrogen and oxygen atoms in total. The standard InChI is InChI=1S/C22H30FNO3S/c1-22(2,3)19(27-4)15-24-13-5-8-18(21(25)26)20(24)28-14-6-7-16-9-11-17(23)12-10-16/h5,8-13,19-20H,6-7,14-15H2,1-4H3,(H,25,26). The van der Waals surface area contributed by atoms with Crippen LogP contribution in [0.2, 0.25) is 0 Å². The molecule has 1 aromatic carbocycles. The molecule has 0 radical (unpaired) electrons. The van der Waals surface area contributed by atoms with Crippen molar-refractivity contribution in [2.75, 3.05) is 19.4 Å². The van der Waals surface area contributed by atoms with Crippen molar-refractivity contribution in [3.63, 3.8) is 0 Å². The largest absolute Gasteiger partial charge is 0.478 e. The monoisotopic (exact) mass is 407 g/mol. The van der Waals surface area contributed by atoms with Crippen molar-refractivity contribution >= 4 is 17.7 Å². The normalized spacial score (nSPS) is 18.1. The maximum Gasteiger partial charge on any atom is 0.334 e. The Labute approximate surface area is 171 Å². The number of ether oxygens (including phenoxy) is 1. The topological polar surface area (TPSA) is 49.8 Å². The molecule has 0 spiro atoms. The van der Waals surface area contributed by atoms with Crippen molar-refractivity contribution in [1.82, 2.24) is 4.90 Å². The Morgan fingerprint density at radius 1 is 1.32 bits per heavy atom. The predicted molar refractivity (Wildman–Crippen MR) is 113 cm³/mol. The van der Waals surface area contributed by atoms with Crippen LogP contribution >= 0.6 is 11.8 Å². The van der Waals surface area contributed by atoms with E-state index >= 15 is 0 Å². The number of rotatable bonds is 9. The summed E-state index contributed by atoms with van der Waals surface area (Å²) in [5, 5.41) is 9.38. The average Bonchev–Trinajstić information content (AvgIpc) is 2.64. The third-order valence-corrected chi connectivity index (χ3v) is 6.16. The molecule has 0 aliphatic carbocycles. The Balaban J connectivity index is 2.00. The van der Waals surface area contributed by atoms with Crippen LogP contribution in [0, 0.1) is 11.2 Å². The van der Waals surface area contributed by atoms with E-state index < -0.39 is 5.97 Å². The molecule has 6 heteroatoms. The third kappa shape index (κ3) is 6.38. The highest BCUT2D eigenvalue weighted by Gasteiger charge is 2.32. The number of allylic oxidation sites excluding steroid dienone is 2. The van der Waals surface area contributed by atoms with Gasteiger partial charge in [0.05, 0.1) is 11.7 Å². The number of halogens is 1. The number of thioether (sulfide) groups is 1. The van der Waals surface area contributed by atoms with Crippen molar-refractivity contribution in [3.05, 3.63) is 59.6 Å². The zero-order valence-corrected chi connectivity index (χ0v) is 17.8. The SMILES string of the molecule is COC(CN1C=CC=C(C(=O)O)C1SCCCc1ccc(F)cc1)C(C)(C)C. The molecule has 0 fully saturated rings. The van der Waals surface area contributed by atoms with Gasteiger partial charge >= 0.3 is 5.97 Å². The van der Waals surface area contributed by atoms with Gasteiger partial charge in [-0.1, -0.05) is 32.9 Å².